The third-order valence-corrected chi connectivity index (χ3v) is 19.0. The number of ether oxygens (including phenoxy) is 2. The number of carbonyl (C=O) groups excluding carboxylic acids is 2. The molecule has 6 aromatic rings. The lowest BCUT2D eigenvalue weighted by Gasteiger charge is -2.38. The van der Waals surface area contributed by atoms with Gasteiger partial charge in [-0.15, -0.1) is 0 Å². The molecule has 1 aliphatic carbocycles. The molecule has 16 heteroatoms. The van der Waals surface area contributed by atoms with E-state index in [9.17, 15) is 19.6 Å². The van der Waals surface area contributed by atoms with Crippen LogP contribution in [0, 0.1) is 0 Å². The maximum Gasteiger partial charge on any atom is 0.569 e. The molecule has 1 amide bonds. The number of allylic oxidation sites excluding steroid dienone is 6. The summed E-state index contributed by atoms with van der Waals surface area (Å²) in [6.45, 7) is 21.0. The van der Waals surface area contributed by atoms with E-state index in [0.29, 0.717) is 108 Å². The first-order valence-electron chi connectivity index (χ1n) is 28.1. The van der Waals surface area contributed by atoms with Crippen molar-refractivity contribution in [1.29, 1.82) is 0 Å². The van der Waals surface area contributed by atoms with Crippen LogP contribution in [0.5, 0.6) is 11.5 Å². The first kappa shape index (κ1) is 60.9. The van der Waals surface area contributed by atoms with Crippen molar-refractivity contribution in [1.82, 2.24) is 15.1 Å². The van der Waals surface area contributed by atoms with Gasteiger partial charge in [0.15, 0.2) is 11.5 Å². The smallest absolute Gasteiger partial charge is 0.537 e. The van der Waals surface area contributed by atoms with Gasteiger partial charge in [0.05, 0.1) is 19.8 Å². The van der Waals surface area contributed by atoms with Crippen molar-refractivity contribution in [2.45, 2.75) is 66.0 Å². The van der Waals surface area contributed by atoms with Crippen LogP contribution >= 0.6 is 0 Å². The Morgan fingerprint density at radius 1 is 0.671 bits per heavy atom. The highest BCUT2D eigenvalue weighted by molar-refractivity contribution is 6.98. The van der Waals surface area contributed by atoms with E-state index in [1.165, 1.54) is 38.5 Å². The normalized spacial score (nSPS) is 13.5. The molecule has 0 bridgehead atoms. The van der Waals surface area contributed by atoms with E-state index >= 15 is 0 Å². The van der Waals surface area contributed by atoms with Gasteiger partial charge in [0.1, 0.15) is 33.7 Å². The molecule has 13 nitrogen and oxygen atoms in total. The van der Waals surface area contributed by atoms with Crippen LogP contribution in [-0.4, -0.2) is 140 Å². The average molecular weight is 1120 g/mol. The van der Waals surface area contributed by atoms with Crippen molar-refractivity contribution >= 4 is 78.8 Å². The quantitative estimate of drug-likeness (QED) is 0.0137. The number of ketones is 1. The summed E-state index contributed by atoms with van der Waals surface area (Å²) in [5, 5.41) is 29.8. The number of fused-ring (bicyclic) bond motifs is 4. The van der Waals surface area contributed by atoms with Gasteiger partial charge in [0, 0.05) is 107 Å². The molecule has 2 aliphatic rings. The number of nitrogens with zero attached hydrogens (tertiary/aromatic N) is 4. The molecule has 82 heavy (non-hydrogen) atoms. The number of para-hydroxylation sites is 2. The number of rotatable bonds is 29. The van der Waals surface area contributed by atoms with Crippen molar-refractivity contribution in [3.05, 3.63) is 196 Å². The van der Waals surface area contributed by atoms with Crippen LogP contribution in [0.1, 0.15) is 60.1 Å². The number of hydrogen-bond acceptors (Lipinski definition) is 11. The maximum atomic E-state index is 12.4. The number of nitrogens with one attached hydrogen (secondary N) is 1. The Balaban J connectivity index is 1.31. The molecule has 6 aromatic carbocycles. The largest absolute Gasteiger partial charge is 0.569 e. The number of benzene rings is 6. The summed E-state index contributed by atoms with van der Waals surface area (Å²) in [6, 6.07) is 38.2. The summed E-state index contributed by atoms with van der Waals surface area (Å²) in [4.78, 5) is 31.6. The lowest BCUT2D eigenvalue weighted by atomic mass is 9.85. The predicted octanol–water partition coefficient (Wildman–Crippen LogP) is 9.00. The highest BCUT2D eigenvalue weighted by Gasteiger charge is 2.40. The number of anilines is 1. The van der Waals surface area contributed by atoms with Crippen molar-refractivity contribution in [3.63, 3.8) is 0 Å². The minimum atomic E-state index is -2.27. The monoisotopic (exact) mass is 1120 g/mol. The highest BCUT2D eigenvalue weighted by Crippen LogP contribution is 2.44. The summed E-state index contributed by atoms with van der Waals surface area (Å²) in [5.41, 5.74) is 12.2. The number of hydrogen-bond donors (Lipinski definition) is 3. The molecule has 1 heterocycles. The summed E-state index contributed by atoms with van der Waals surface area (Å²) in [6.07, 6.45) is 7.97. The third-order valence-electron chi connectivity index (χ3n) is 15.5. The van der Waals surface area contributed by atoms with Crippen LogP contribution < -0.4 is 24.7 Å². The third kappa shape index (κ3) is 14.5. The van der Waals surface area contributed by atoms with E-state index in [-0.39, 0.29) is 11.7 Å². The fourth-order valence-corrected chi connectivity index (χ4v) is 14.1. The van der Waals surface area contributed by atoms with E-state index in [4.69, 9.17) is 18.8 Å². The van der Waals surface area contributed by atoms with Crippen LogP contribution in [0.2, 0.25) is 13.1 Å². The average Bonchev–Trinajstić information content (AvgIpc) is 3.19. The van der Waals surface area contributed by atoms with E-state index < -0.39 is 8.07 Å². The SMILES string of the molecule is C=C(C)C(=O)CCCOCCN(Cc1ccccc1O[B]O)Cc1c2ccccc2c(CN(CCOCCNC(=O)C(=C)C)Cc2ccccc2O[B]O)c2ccc(C3=C4C=CC(=[N+](C)C)C=C4[Si](C)(C)c4cc(N(C)C)ccc43)cc12. The lowest BCUT2D eigenvalue weighted by Crippen LogP contribution is -2.49. The molecular formula is C66H78B2N5O8Si+. The van der Waals surface area contributed by atoms with Gasteiger partial charge in [-0.1, -0.05) is 105 Å². The predicted molar refractivity (Wildman–Crippen MR) is 337 cm³/mol. The van der Waals surface area contributed by atoms with E-state index in [2.05, 4.69) is 158 Å². The van der Waals surface area contributed by atoms with Crippen molar-refractivity contribution in [3.8, 4) is 11.5 Å². The Bertz CT molecular complexity index is 3480. The molecule has 8 rings (SSSR count). The Morgan fingerprint density at radius 2 is 1.24 bits per heavy atom. The van der Waals surface area contributed by atoms with Gasteiger partial charge in [-0.2, -0.15) is 0 Å². The summed E-state index contributed by atoms with van der Waals surface area (Å²) < 4.78 is 26.0. The Kier molecular flexibility index (Phi) is 21.0. The minimum Gasteiger partial charge on any atom is -0.537 e. The first-order chi connectivity index (χ1) is 39.5. The van der Waals surface area contributed by atoms with Gasteiger partial charge in [-0.25, -0.2) is 4.58 Å². The van der Waals surface area contributed by atoms with Crippen molar-refractivity contribution in [2.75, 3.05) is 79.2 Å². The minimum absolute atomic E-state index is 0.0433. The van der Waals surface area contributed by atoms with Crippen LogP contribution in [0.25, 0.3) is 27.1 Å². The van der Waals surface area contributed by atoms with Crippen LogP contribution in [-0.2, 0) is 45.2 Å². The fourth-order valence-electron chi connectivity index (χ4n) is 11.0. The van der Waals surface area contributed by atoms with Gasteiger partial charge in [0.2, 0.25) is 5.91 Å². The highest BCUT2D eigenvalue weighted by atomic mass is 28.3. The molecule has 0 saturated heterocycles. The number of amides is 1. The van der Waals surface area contributed by atoms with Gasteiger partial charge in [-0.05, 0) is 128 Å². The molecule has 0 atom stereocenters. The molecule has 0 spiro atoms. The summed E-state index contributed by atoms with van der Waals surface area (Å²) >= 11 is 0. The first-order valence-corrected chi connectivity index (χ1v) is 31.1. The zero-order valence-corrected chi connectivity index (χ0v) is 50.0. The molecule has 0 unspecified atom stereocenters. The molecule has 0 fully saturated rings. The summed E-state index contributed by atoms with van der Waals surface area (Å²) in [5.74, 6) is 0.943. The Hall–Kier alpha value is -7.14. The number of Topliss-reactive ketones (excluding diaryl/α,β-unsaturated/α-hetero) is 1. The maximum absolute atomic E-state index is 12.4. The van der Waals surface area contributed by atoms with Crippen molar-refractivity contribution < 1.29 is 43.0 Å². The van der Waals surface area contributed by atoms with Crippen LogP contribution in [0.15, 0.2) is 162 Å². The second-order valence-electron chi connectivity index (χ2n) is 22.2. The zero-order valence-electron chi connectivity index (χ0n) is 49.0. The van der Waals surface area contributed by atoms with Gasteiger partial charge in [0.25, 0.3) is 0 Å². The molecule has 3 N–H and O–H groups in total. The molecular weight excluding hydrogens is 1040 g/mol. The fraction of sp³-hybridized carbons (Fsp3) is 0.318. The van der Waals surface area contributed by atoms with Crippen LogP contribution in [0.4, 0.5) is 5.69 Å². The second-order valence-corrected chi connectivity index (χ2v) is 26.5. The molecule has 2 radical (unpaired) electrons. The molecule has 0 aromatic heterocycles. The van der Waals surface area contributed by atoms with E-state index in [1.807, 2.05) is 48.5 Å². The van der Waals surface area contributed by atoms with Crippen LogP contribution in [0.3, 0.4) is 0 Å². The molecule has 424 valence electrons. The lowest BCUT2D eigenvalue weighted by molar-refractivity contribution is -0.462. The topological polar surface area (TPSA) is 136 Å². The van der Waals surface area contributed by atoms with E-state index in [0.717, 1.165) is 64.7 Å². The van der Waals surface area contributed by atoms with Gasteiger partial charge < -0.3 is 39.0 Å². The van der Waals surface area contributed by atoms with Crippen molar-refractivity contribution in [2.24, 2.45) is 0 Å². The standard InChI is InChI=1S/C66H77B2N5O8Si/c1-45(2)60(74)22-17-34-78-36-32-73(42-49-19-12-16-24-62(49)81-68-77)44-59-53-21-14-13-20-52(53)58(43-72(33-37-79-35-31-69-66(75)46(3)4)41-48-18-11-15-23-61(48)80-67-76)54-28-25-47(38-57(54)59)65-55-29-26-50(70(5)6)39-63(55)82(9,10)64-40-51(71(7)8)27-30-56(64)65/h11-16,18-21,23-30,38-40,76-77H,1,3,17,22,31-37,41-44H2,2,4-10H3/p+1. The Labute approximate surface area is 487 Å². The van der Waals surface area contributed by atoms with E-state index in [1.54, 1.807) is 13.8 Å². The second kappa shape index (κ2) is 28.2. The number of carbonyl (C=O) groups is 2. The van der Waals surface area contributed by atoms with Gasteiger partial charge >= 0.3 is 15.4 Å². The molecule has 1 aliphatic heterocycles. The Morgan fingerprint density at radius 3 is 1.82 bits per heavy atom. The van der Waals surface area contributed by atoms with Gasteiger partial charge in [-0.3, -0.25) is 19.4 Å². The summed E-state index contributed by atoms with van der Waals surface area (Å²) in [7, 11) is 7.60. The molecule has 0 saturated carbocycles. The zero-order chi connectivity index (χ0) is 58.5.